The predicted molar refractivity (Wildman–Crippen MR) is 86.2 cm³/mol. The molecule has 0 spiro atoms. The van der Waals surface area contributed by atoms with E-state index in [9.17, 15) is 4.79 Å². The molecular formula is C16H32N4O. The zero-order chi connectivity index (χ0) is 15.4. The number of likely N-dealkylation sites (tertiary alicyclic amines) is 2. The molecular weight excluding hydrogens is 264 g/mol. The highest BCUT2D eigenvalue weighted by Crippen LogP contribution is 2.18. The smallest absolute Gasteiger partial charge is 0.236 e. The summed E-state index contributed by atoms with van der Waals surface area (Å²) in [5.41, 5.74) is 5.92. The standard InChI is InChI=1S/C16H32N4O/c1-13(2)20-10-6-15(7-11-20)18(3)16(21)12-19-8-4-14(17)5-9-19/h13-15H,4-12,17H2,1-3H3. The minimum atomic E-state index is 0.272. The van der Waals surface area contributed by atoms with Gasteiger partial charge in [0.25, 0.3) is 0 Å². The Labute approximate surface area is 129 Å². The van der Waals surface area contributed by atoms with Gasteiger partial charge in [0.2, 0.25) is 5.91 Å². The Morgan fingerprint density at radius 3 is 2.24 bits per heavy atom. The van der Waals surface area contributed by atoms with Crippen LogP contribution in [0.15, 0.2) is 0 Å². The Hall–Kier alpha value is -0.650. The van der Waals surface area contributed by atoms with Crippen LogP contribution >= 0.6 is 0 Å². The van der Waals surface area contributed by atoms with E-state index in [-0.39, 0.29) is 5.91 Å². The van der Waals surface area contributed by atoms with Crippen molar-refractivity contribution in [2.45, 2.75) is 57.7 Å². The number of hydrogen-bond donors (Lipinski definition) is 1. The fourth-order valence-electron chi connectivity index (χ4n) is 3.41. The van der Waals surface area contributed by atoms with Crippen LogP contribution in [0.3, 0.4) is 0 Å². The van der Waals surface area contributed by atoms with Gasteiger partial charge in [0.05, 0.1) is 6.54 Å². The first-order chi connectivity index (χ1) is 9.97. The molecule has 0 aliphatic carbocycles. The van der Waals surface area contributed by atoms with Gasteiger partial charge in [-0.3, -0.25) is 9.69 Å². The van der Waals surface area contributed by atoms with Crippen molar-refractivity contribution in [1.29, 1.82) is 0 Å². The highest BCUT2D eigenvalue weighted by Gasteiger charge is 2.27. The molecule has 21 heavy (non-hydrogen) atoms. The number of likely N-dealkylation sites (N-methyl/N-ethyl adjacent to an activating group) is 1. The molecule has 0 unspecified atom stereocenters. The van der Waals surface area contributed by atoms with E-state index in [0.29, 0.717) is 24.7 Å². The lowest BCUT2D eigenvalue weighted by molar-refractivity contribution is -0.134. The third-order valence-corrected chi connectivity index (χ3v) is 5.16. The number of carbonyl (C=O) groups excluding carboxylic acids is 1. The quantitative estimate of drug-likeness (QED) is 0.831. The van der Waals surface area contributed by atoms with E-state index in [0.717, 1.165) is 51.9 Å². The van der Waals surface area contributed by atoms with Crippen LogP contribution in [0.5, 0.6) is 0 Å². The number of rotatable bonds is 4. The van der Waals surface area contributed by atoms with E-state index >= 15 is 0 Å². The summed E-state index contributed by atoms with van der Waals surface area (Å²) in [7, 11) is 1.98. The van der Waals surface area contributed by atoms with Gasteiger partial charge in [-0.05, 0) is 39.5 Å². The van der Waals surface area contributed by atoms with Crippen LogP contribution in [0.4, 0.5) is 0 Å². The Kier molecular flexibility index (Phi) is 6.02. The number of nitrogens with two attached hydrogens (primary N) is 1. The summed E-state index contributed by atoms with van der Waals surface area (Å²) in [5.74, 6) is 0.272. The first-order valence-corrected chi connectivity index (χ1v) is 8.45. The Morgan fingerprint density at radius 1 is 1.14 bits per heavy atom. The Bertz CT molecular complexity index is 331. The molecule has 2 fully saturated rings. The average molecular weight is 296 g/mol. The minimum absolute atomic E-state index is 0.272. The molecule has 122 valence electrons. The molecule has 0 saturated carbocycles. The highest BCUT2D eigenvalue weighted by atomic mass is 16.2. The van der Waals surface area contributed by atoms with Crippen LogP contribution in [0, 0.1) is 0 Å². The molecule has 2 N–H and O–H groups in total. The van der Waals surface area contributed by atoms with Crippen molar-refractivity contribution < 1.29 is 4.79 Å². The van der Waals surface area contributed by atoms with Gasteiger partial charge in [0.1, 0.15) is 0 Å². The molecule has 0 radical (unpaired) electrons. The second-order valence-electron chi connectivity index (χ2n) is 6.98. The van der Waals surface area contributed by atoms with Gasteiger partial charge in [0, 0.05) is 51.4 Å². The number of nitrogens with zero attached hydrogens (tertiary/aromatic N) is 3. The summed E-state index contributed by atoms with van der Waals surface area (Å²) >= 11 is 0. The van der Waals surface area contributed by atoms with E-state index in [2.05, 4.69) is 23.6 Å². The maximum atomic E-state index is 12.4. The van der Waals surface area contributed by atoms with Crippen LogP contribution in [-0.4, -0.2) is 78.5 Å². The van der Waals surface area contributed by atoms with Crippen LogP contribution in [0.1, 0.15) is 39.5 Å². The van der Waals surface area contributed by atoms with Gasteiger partial charge >= 0.3 is 0 Å². The molecule has 2 aliphatic rings. The summed E-state index contributed by atoms with van der Waals surface area (Å²) in [4.78, 5) is 19.2. The fourth-order valence-corrected chi connectivity index (χ4v) is 3.41. The monoisotopic (exact) mass is 296 g/mol. The normalized spacial score (nSPS) is 23.7. The molecule has 5 heteroatoms. The molecule has 0 aromatic heterocycles. The zero-order valence-electron chi connectivity index (χ0n) is 13.9. The summed E-state index contributed by atoms with van der Waals surface area (Å²) in [6, 6.07) is 1.36. The Morgan fingerprint density at radius 2 is 1.71 bits per heavy atom. The molecule has 0 bridgehead atoms. The van der Waals surface area contributed by atoms with Crippen molar-refractivity contribution in [2.75, 3.05) is 39.8 Å². The lowest BCUT2D eigenvalue weighted by atomic mass is 10.0. The first kappa shape index (κ1) is 16.7. The largest absolute Gasteiger partial charge is 0.342 e. The summed E-state index contributed by atoms with van der Waals surface area (Å²) in [6.45, 7) is 9.20. The van der Waals surface area contributed by atoms with Crippen molar-refractivity contribution in [3.8, 4) is 0 Å². The van der Waals surface area contributed by atoms with Crippen molar-refractivity contribution in [1.82, 2.24) is 14.7 Å². The van der Waals surface area contributed by atoms with Crippen LogP contribution < -0.4 is 5.73 Å². The maximum absolute atomic E-state index is 12.4. The van der Waals surface area contributed by atoms with Crippen LogP contribution in [-0.2, 0) is 4.79 Å². The number of carbonyl (C=O) groups is 1. The molecule has 5 nitrogen and oxygen atoms in total. The van der Waals surface area contributed by atoms with Gasteiger partial charge in [-0.15, -0.1) is 0 Å². The van der Waals surface area contributed by atoms with Crippen molar-refractivity contribution in [3.05, 3.63) is 0 Å². The Balaban J connectivity index is 1.75. The van der Waals surface area contributed by atoms with E-state index in [1.54, 1.807) is 0 Å². The SMILES string of the molecule is CC(C)N1CCC(N(C)C(=O)CN2CCC(N)CC2)CC1. The molecule has 0 aromatic rings. The van der Waals surface area contributed by atoms with E-state index < -0.39 is 0 Å². The number of hydrogen-bond acceptors (Lipinski definition) is 4. The third-order valence-electron chi connectivity index (χ3n) is 5.16. The van der Waals surface area contributed by atoms with Gasteiger partial charge in [0.15, 0.2) is 0 Å². The van der Waals surface area contributed by atoms with E-state index in [4.69, 9.17) is 5.73 Å². The molecule has 1 amide bonds. The molecule has 2 saturated heterocycles. The average Bonchev–Trinajstić information content (AvgIpc) is 2.49. The second-order valence-corrected chi connectivity index (χ2v) is 6.98. The highest BCUT2D eigenvalue weighted by molar-refractivity contribution is 5.78. The van der Waals surface area contributed by atoms with E-state index in [1.807, 2.05) is 11.9 Å². The maximum Gasteiger partial charge on any atom is 0.236 e. The van der Waals surface area contributed by atoms with Gasteiger partial charge in [-0.25, -0.2) is 0 Å². The van der Waals surface area contributed by atoms with Crippen molar-refractivity contribution >= 4 is 5.91 Å². The lowest BCUT2D eigenvalue weighted by Gasteiger charge is -2.39. The topological polar surface area (TPSA) is 52.8 Å². The molecule has 2 rings (SSSR count). The summed E-state index contributed by atoms with van der Waals surface area (Å²) < 4.78 is 0. The van der Waals surface area contributed by atoms with E-state index in [1.165, 1.54) is 0 Å². The van der Waals surface area contributed by atoms with Crippen molar-refractivity contribution in [2.24, 2.45) is 5.73 Å². The fraction of sp³-hybridized carbons (Fsp3) is 0.938. The number of piperidine rings is 2. The predicted octanol–water partition coefficient (Wildman–Crippen LogP) is 0.741. The zero-order valence-corrected chi connectivity index (χ0v) is 13.9. The summed E-state index contributed by atoms with van der Waals surface area (Å²) in [5, 5.41) is 0. The minimum Gasteiger partial charge on any atom is -0.342 e. The lowest BCUT2D eigenvalue weighted by Crippen LogP contribution is -2.50. The van der Waals surface area contributed by atoms with Gasteiger partial charge < -0.3 is 15.5 Å². The van der Waals surface area contributed by atoms with Gasteiger partial charge in [-0.2, -0.15) is 0 Å². The molecule has 2 heterocycles. The summed E-state index contributed by atoms with van der Waals surface area (Å²) in [6.07, 6.45) is 4.24. The number of amides is 1. The molecule has 0 aromatic carbocycles. The molecule has 0 atom stereocenters. The van der Waals surface area contributed by atoms with Crippen molar-refractivity contribution in [3.63, 3.8) is 0 Å². The van der Waals surface area contributed by atoms with Crippen LogP contribution in [0.2, 0.25) is 0 Å². The van der Waals surface area contributed by atoms with Crippen LogP contribution in [0.25, 0.3) is 0 Å². The first-order valence-electron chi connectivity index (χ1n) is 8.45. The third kappa shape index (κ3) is 4.66. The molecule has 2 aliphatic heterocycles. The van der Waals surface area contributed by atoms with Gasteiger partial charge in [-0.1, -0.05) is 0 Å². The second kappa shape index (κ2) is 7.56.